The Bertz CT molecular complexity index is 569. The van der Waals surface area contributed by atoms with Crippen LogP contribution in [0.15, 0.2) is 35.0 Å². The summed E-state index contributed by atoms with van der Waals surface area (Å²) in [6.07, 6.45) is 0.999. The Balaban J connectivity index is 2.08. The highest BCUT2D eigenvalue weighted by atomic mass is 35.5. The van der Waals surface area contributed by atoms with Gasteiger partial charge in [-0.25, -0.2) is 0 Å². The first kappa shape index (κ1) is 14.9. The summed E-state index contributed by atoms with van der Waals surface area (Å²) >= 11 is 7.61. The molecule has 106 valence electrons. The number of nitrogens with one attached hydrogen (secondary N) is 2. The van der Waals surface area contributed by atoms with Crippen molar-refractivity contribution < 1.29 is 4.79 Å². The Labute approximate surface area is 128 Å². The molecule has 0 aliphatic rings. The van der Waals surface area contributed by atoms with Gasteiger partial charge in [-0.1, -0.05) is 18.5 Å². The Morgan fingerprint density at radius 2 is 2.20 bits per heavy atom. The van der Waals surface area contributed by atoms with Crippen LogP contribution in [0.3, 0.4) is 0 Å². The molecule has 0 spiro atoms. The lowest BCUT2D eigenvalue weighted by Gasteiger charge is -2.12. The molecule has 0 bridgehead atoms. The number of carbonyl (C=O) groups is 1. The third-order valence-corrected chi connectivity index (χ3v) is 3.79. The number of anilines is 1. The number of halogens is 1. The highest BCUT2D eigenvalue weighted by molar-refractivity contribution is 7.07. The summed E-state index contributed by atoms with van der Waals surface area (Å²) < 4.78 is 0. The number of hydrogen-bond acceptors (Lipinski definition) is 3. The predicted molar refractivity (Wildman–Crippen MR) is 85.7 cm³/mol. The molecule has 0 fully saturated rings. The molecule has 2 aromatic rings. The van der Waals surface area contributed by atoms with Gasteiger partial charge in [0, 0.05) is 23.8 Å². The summed E-state index contributed by atoms with van der Waals surface area (Å²) in [4.78, 5) is 12.3. The van der Waals surface area contributed by atoms with E-state index in [1.165, 1.54) is 0 Å². The fourth-order valence-corrected chi connectivity index (χ4v) is 2.63. The summed E-state index contributed by atoms with van der Waals surface area (Å²) in [5.74, 6) is -0.114. The van der Waals surface area contributed by atoms with Gasteiger partial charge in [0.1, 0.15) is 0 Å². The van der Waals surface area contributed by atoms with Gasteiger partial charge in [-0.05, 0) is 47.0 Å². The molecule has 3 nitrogen and oxygen atoms in total. The SMILES string of the molecule is CCCNc1ccc(Cl)cc1C(=O)NCc1ccsc1. The molecule has 0 atom stereocenters. The summed E-state index contributed by atoms with van der Waals surface area (Å²) in [6, 6.07) is 7.33. The van der Waals surface area contributed by atoms with Gasteiger partial charge < -0.3 is 10.6 Å². The van der Waals surface area contributed by atoms with Gasteiger partial charge in [-0.3, -0.25) is 4.79 Å². The maximum Gasteiger partial charge on any atom is 0.253 e. The van der Waals surface area contributed by atoms with E-state index in [0.29, 0.717) is 17.1 Å². The van der Waals surface area contributed by atoms with Crippen molar-refractivity contribution in [2.24, 2.45) is 0 Å². The first-order valence-corrected chi connectivity index (χ1v) is 7.85. The molecule has 20 heavy (non-hydrogen) atoms. The van der Waals surface area contributed by atoms with Crippen LogP contribution in [-0.2, 0) is 6.54 Å². The van der Waals surface area contributed by atoms with Crippen LogP contribution in [0.25, 0.3) is 0 Å². The quantitative estimate of drug-likeness (QED) is 0.841. The van der Waals surface area contributed by atoms with E-state index >= 15 is 0 Å². The molecule has 5 heteroatoms. The topological polar surface area (TPSA) is 41.1 Å². The standard InChI is InChI=1S/C15H17ClN2OS/c1-2-6-17-14-4-3-12(16)8-13(14)15(19)18-9-11-5-7-20-10-11/h3-5,7-8,10,17H,2,6,9H2,1H3,(H,18,19). The first-order valence-electron chi connectivity index (χ1n) is 6.53. The third kappa shape index (κ3) is 3.99. The lowest BCUT2D eigenvalue weighted by molar-refractivity contribution is 0.0951. The highest BCUT2D eigenvalue weighted by Gasteiger charge is 2.11. The van der Waals surface area contributed by atoms with Gasteiger partial charge >= 0.3 is 0 Å². The van der Waals surface area contributed by atoms with Crippen LogP contribution < -0.4 is 10.6 Å². The number of amides is 1. The van der Waals surface area contributed by atoms with E-state index < -0.39 is 0 Å². The van der Waals surface area contributed by atoms with E-state index in [-0.39, 0.29) is 5.91 Å². The van der Waals surface area contributed by atoms with Gasteiger partial charge in [-0.2, -0.15) is 11.3 Å². The van der Waals surface area contributed by atoms with Crippen molar-refractivity contribution in [3.8, 4) is 0 Å². The number of hydrogen-bond donors (Lipinski definition) is 2. The monoisotopic (exact) mass is 308 g/mol. The van der Waals surface area contributed by atoms with E-state index in [2.05, 4.69) is 17.6 Å². The minimum absolute atomic E-state index is 0.114. The molecule has 0 aliphatic carbocycles. The first-order chi connectivity index (χ1) is 9.70. The average Bonchev–Trinajstić information content (AvgIpc) is 2.96. The lowest BCUT2D eigenvalue weighted by atomic mass is 10.1. The maximum absolute atomic E-state index is 12.3. The van der Waals surface area contributed by atoms with Crippen LogP contribution in [-0.4, -0.2) is 12.5 Å². The zero-order valence-electron chi connectivity index (χ0n) is 11.3. The van der Waals surface area contributed by atoms with E-state index in [9.17, 15) is 4.79 Å². The van der Waals surface area contributed by atoms with Crippen molar-refractivity contribution >= 4 is 34.5 Å². The molecule has 2 N–H and O–H groups in total. The summed E-state index contributed by atoms with van der Waals surface area (Å²) in [6.45, 7) is 3.44. The predicted octanol–water partition coefficient (Wildman–Crippen LogP) is 4.15. The van der Waals surface area contributed by atoms with Crippen molar-refractivity contribution in [1.29, 1.82) is 0 Å². The molecular formula is C15H17ClN2OS. The Kier molecular flexibility index (Phi) is 5.44. The zero-order valence-corrected chi connectivity index (χ0v) is 12.9. The van der Waals surface area contributed by atoms with Gasteiger partial charge in [0.2, 0.25) is 0 Å². The molecule has 0 unspecified atom stereocenters. The van der Waals surface area contributed by atoms with E-state index in [0.717, 1.165) is 24.2 Å². The van der Waals surface area contributed by atoms with E-state index in [1.54, 1.807) is 23.5 Å². The molecule has 0 radical (unpaired) electrons. The summed E-state index contributed by atoms with van der Waals surface area (Å²) in [5.41, 5.74) is 2.51. The van der Waals surface area contributed by atoms with Crippen LogP contribution in [0.2, 0.25) is 5.02 Å². The van der Waals surface area contributed by atoms with Gasteiger partial charge in [0.25, 0.3) is 5.91 Å². The number of rotatable bonds is 6. The molecule has 1 aromatic carbocycles. The highest BCUT2D eigenvalue weighted by Crippen LogP contribution is 2.21. The van der Waals surface area contributed by atoms with E-state index in [1.807, 2.05) is 22.9 Å². The molecule has 0 aliphatic heterocycles. The molecular weight excluding hydrogens is 292 g/mol. The minimum Gasteiger partial charge on any atom is -0.384 e. The van der Waals surface area contributed by atoms with Crippen LogP contribution in [0.1, 0.15) is 29.3 Å². The second-order valence-electron chi connectivity index (χ2n) is 4.43. The minimum atomic E-state index is -0.114. The fraction of sp³-hybridized carbons (Fsp3) is 0.267. The Hall–Kier alpha value is -1.52. The lowest BCUT2D eigenvalue weighted by Crippen LogP contribution is -2.23. The second kappa shape index (κ2) is 7.31. The van der Waals surface area contributed by atoms with Crippen molar-refractivity contribution in [1.82, 2.24) is 5.32 Å². The number of carbonyl (C=O) groups excluding carboxylic acids is 1. The number of benzene rings is 1. The van der Waals surface area contributed by atoms with Crippen LogP contribution in [0, 0.1) is 0 Å². The molecule has 0 saturated carbocycles. The zero-order chi connectivity index (χ0) is 14.4. The summed E-state index contributed by atoms with van der Waals surface area (Å²) in [5, 5.41) is 10.7. The smallest absolute Gasteiger partial charge is 0.253 e. The van der Waals surface area contributed by atoms with Gasteiger partial charge in [0.15, 0.2) is 0 Å². The van der Waals surface area contributed by atoms with Gasteiger partial charge in [-0.15, -0.1) is 0 Å². The summed E-state index contributed by atoms with van der Waals surface area (Å²) in [7, 11) is 0. The normalized spacial score (nSPS) is 10.3. The molecule has 1 amide bonds. The third-order valence-electron chi connectivity index (χ3n) is 2.82. The molecule has 1 heterocycles. The van der Waals surface area contributed by atoms with Crippen molar-refractivity contribution in [2.75, 3.05) is 11.9 Å². The number of thiophene rings is 1. The van der Waals surface area contributed by atoms with Gasteiger partial charge in [0.05, 0.1) is 5.56 Å². The van der Waals surface area contributed by atoms with Crippen LogP contribution in [0.5, 0.6) is 0 Å². The van der Waals surface area contributed by atoms with E-state index in [4.69, 9.17) is 11.6 Å². The maximum atomic E-state index is 12.3. The largest absolute Gasteiger partial charge is 0.384 e. The Morgan fingerprint density at radius 3 is 2.90 bits per heavy atom. The average molecular weight is 309 g/mol. The van der Waals surface area contributed by atoms with Crippen molar-refractivity contribution in [2.45, 2.75) is 19.9 Å². The second-order valence-corrected chi connectivity index (χ2v) is 5.65. The van der Waals surface area contributed by atoms with Crippen molar-refractivity contribution in [3.05, 3.63) is 51.2 Å². The Morgan fingerprint density at radius 1 is 1.35 bits per heavy atom. The van der Waals surface area contributed by atoms with Crippen LogP contribution >= 0.6 is 22.9 Å². The van der Waals surface area contributed by atoms with Crippen LogP contribution in [0.4, 0.5) is 5.69 Å². The molecule has 2 rings (SSSR count). The fourth-order valence-electron chi connectivity index (χ4n) is 1.79. The molecule has 1 aromatic heterocycles. The van der Waals surface area contributed by atoms with Crippen molar-refractivity contribution in [3.63, 3.8) is 0 Å². The molecule has 0 saturated heterocycles.